The highest BCUT2D eigenvalue weighted by Crippen LogP contribution is 2.17. The number of carbonyl (C=O) groups excluding carboxylic acids is 1. The summed E-state index contributed by atoms with van der Waals surface area (Å²) in [6, 6.07) is 16.4. The molecular formula is C19H20FN2O. The molecule has 1 aliphatic heterocycles. The smallest absolute Gasteiger partial charge is 0.223 e. The molecular weight excluding hydrogens is 291 g/mol. The third-order valence-corrected chi connectivity index (χ3v) is 4.14. The fraction of sp³-hybridized carbons (Fsp3) is 0.263. The van der Waals surface area contributed by atoms with Crippen LogP contribution in [0.15, 0.2) is 54.6 Å². The molecule has 1 aliphatic rings. The molecule has 1 fully saturated rings. The van der Waals surface area contributed by atoms with Crippen molar-refractivity contribution in [2.45, 2.75) is 6.42 Å². The molecule has 119 valence electrons. The van der Waals surface area contributed by atoms with E-state index in [1.807, 2.05) is 41.7 Å². The zero-order chi connectivity index (χ0) is 16.1. The molecule has 0 bridgehead atoms. The molecule has 1 saturated heterocycles. The Morgan fingerprint density at radius 1 is 0.957 bits per heavy atom. The molecule has 1 amide bonds. The third-order valence-electron chi connectivity index (χ3n) is 4.14. The average molecular weight is 311 g/mol. The van der Waals surface area contributed by atoms with Gasteiger partial charge in [0.1, 0.15) is 5.82 Å². The third kappa shape index (κ3) is 4.09. The summed E-state index contributed by atoms with van der Waals surface area (Å²) < 4.78 is 13.0. The molecule has 1 heterocycles. The summed E-state index contributed by atoms with van der Waals surface area (Å²) in [5.74, 6) is -0.0633. The lowest BCUT2D eigenvalue weighted by molar-refractivity contribution is -0.130. The van der Waals surface area contributed by atoms with E-state index in [0.29, 0.717) is 19.5 Å². The van der Waals surface area contributed by atoms with E-state index in [-0.39, 0.29) is 11.7 Å². The zero-order valence-electron chi connectivity index (χ0n) is 13.0. The van der Waals surface area contributed by atoms with Crippen molar-refractivity contribution in [1.29, 1.82) is 0 Å². The van der Waals surface area contributed by atoms with E-state index in [0.717, 1.165) is 24.3 Å². The Morgan fingerprint density at radius 3 is 2.26 bits per heavy atom. The van der Waals surface area contributed by atoms with E-state index in [4.69, 9.17) is 0 Å². The first-order valence-electron chi connectivity index (χ1n) is 7.89. The maximum absolute atomic E-state index is 13.0. The lowest BCUT2D eigenvalue weighted by Gasteiger charge is -2.36. The normalized spacial score (nSPS) is 14.8. The molecule has 0 N–H and O–H groups in total. The number of hydrogen-bond acceptors (Lipinski definition) is 2. The molecule has 0 atom stereocenters. The predicted molar refractivity (Wildman–Crippen MR) is 89.7 cm³/mol. The van der Waals surface area contributed by atoms with Crippen LogP contribution in [0.25, 0.3) is 0 Å². The van der Waals surface area contributed by atoms with Crippen LogP contribution in [-0.2, 0) is 4.79 Å². The van der Waals surface area contributed by atoms with Gasteiger partial charge in [0.05, 0.1) is 0 Å². The summed E-state index contributed by atoms with van der Waals surface area (Å²) in [5.41, 5.74) is 2.08. The van der Waals surface area contributed by atoms with Gasteiger partial charge in [0, 0.05) is 38.3 Å². The van der Waals surface area contributed by atoms with Gasteiger partial charge >= 0.3 is 0 Å². The molecule has 0 spiro atoms. The predicted octanol–water partition coefficient (Wildman–Crippen LogP) is 3.12. The van der Waals surface area contributed by atoms with Crippen molar-refractivity contribution in [3.8, 4) is 0 Å². The Hall–Kier alpha value is -2.36. The van der Waals surface area contributed by atoms with E-state index < -0.39 is 0 Å². The molecule has 0 aromatic heterocycles. The first-order chi connectivity index (χ1) is 11.2. The second-order valence-corrected chi connectivity index (χ2v) is 5.66. The molecule has 23 heavy (non-hydrogen) atoms. The molecule has 2 aromatic rings. The van der Waals surface area contributed by atoms with E-state index >= 15 is 0 Å². The Morgan fingerprint density at radius 2 is 1.61 bits per heavy atom. The maximum atomic E-state index is 13.0. The van der Waals surface area contributed by atoms with Gasteiger partial charge in [-0.1, -0.05) is 30.3 Å². The topological polar surface area (TPSA) is 23.6 Å². The number of benzene rings is 2. The van der Waals surface area contributed by atoms with E-state index in [9.17, 15) is 9.18 Å². The van der Waals surface area contributed by atoms with Gasteiger partial charge in [-0.15, -0.1) is 0 Å². The van der Waals surface area contributed by atoms with Crippen LogP contribution in [0.3, 0.4) is 0 Å². The van der Waals surface area contributed by atoms with Crippen molar-refractivity contribution in [2.75, 3.05) is 31.1 Å². The lowest BCUT2D eigenvalue weighted by atomic mass is 10.1. The van der Waals surface area contributed by atoms with Gasteiger partial charge in [-0.25, -0.2) is 4.39 Å². The van der Waals surface area contributed by atoms with Gasteiger partial charge in [-0.3, -0.25) is 4.79 Å². The molecule has 4 heteroatoms. The lowest BCUT2D eigenvalue weighted by Crippen LogP contribution is -2.48. The molecule has 3 rings (SSSR count). The number of piperazine rings is 1. The summed E-state index contributed by atoms with van der Waals surface area (Å²) in [6.45, 7) is 2.98. The molecule has 0 unspecified atom stereocenters. The molecule has 3 nitrogen and oxygen atoms in total. The van der Waals surface area contributed by atoms with Gasteiger partial charge in [0.25, 0.3) is 0 Å². The van der Waals surface area contributed by atoms with E-state index in [2.05, 4.69) is 4.90 Å². The van der Waals surface area contributed by atoms with Crippen LogP contribution in [-0.4, -0.2) is 37.0 Å². The highest BCUT2D eigenvalue weighted by molar-refractivity contribution is 5.78. The summed E-state index contributed by atoms with van der Waals surface area (Å²) in [4.78, 5) is 16.4. The second-order valence-electron chi connectivity index (χ2n) is 5.66. The molecule has 1 radical (unpaired) electrons. The summed E-state index contributed by atoms with van der Waals surface area (Å²) in [5, 5.41) is 0. The highest BCUT2D eigenvalue weighted by Gasteiger charge is 2.21. The Bertz CT molecular complexity index is 634. The van der Waals surface area contributed by atoms with Crippen molar-refractivity contribution in [2.24, 2.45) is 0 Å². The van der Waals surface area contributed by atoms with E-state index in [1.165, 1.54) is 12.1 Å². The second kappa shape index (κ2) is 7.27. The molecule has 2 aromatic carbocycles. The van der Waals surface area contributed by atoms with Crippen LogP contribution in [0.5, 0.6) is 0 Å². The number of rotatable bonds is 4. The largest absolute Gasteiger partial charge is 0.368 e. The SMILES string of the molecule is O=C(C[CH]c1ccccc1)N1CCN(c2ccc(F)cc2)CC1. The minimum absolute atomic E-state index is 0.160. The molecule has 0 aliphatic carbocycles. The number of anilines is 1. The monoisotopic (exact) mass is 311 g/mol. The van der Waals surface area contributed by atoms with Crippen molar-refractivity contribution in [3.05, 3.63) is 72.4 Å². The van der Waals surface area contributed by atoms with Crippen LogP contribution >= 0.6 is 0 Å². The van der Waals surface area contributed by atoms with Gasteiger partial charge in [-0.2, -0.15) is 0 Å². The summed E-state index contributed by atoms with van der Waals surface area (Å²) in [6.07, 6.45) is 2.40. The van der Waals surface area contributed by atoms with Crippen LogP contribution in [0, 0.1) is 12.2 Å². The quantitative estimate of drug-likeness (QED) is 0.866. The minimum atomic E-state index is -0.223. The van der Waals surface area contributed by atoms with Crippen LogP contribution in [0.1, 0.15) is 12.0 Å². The Kier molecular flexibility index (Phi) is 4.91. The first kappa shape index (κ1) is 15.5. The van der Waals surface area contributed by atoms with Crippen LogP contribution < -0.4 is 4.90 Å². The average Bonchev–Trinajstić information content (AvgIpc) is 2.61. The summed E-state index contributed by atoms with van der Waals surface area (Å²) >= 11 is 0. The summed E-state index contributed by atoms with van der Waals surface area (Å²) in [7, 11) is 0. The highest BCUT2D eigenvalue weighted by atomic mass is 19.1. The first-order valence-corrected chi connectivity index (χ1v) is 7.89. The van der Waals surface area contributed by atoms with Crippen LogP contribution in [0.4, 0.5) is 10.1 Å². The van der Waals surface area contributed by atoms with Gasteiger partial charge in [0.15, 0.2) is 0 Å². The minimum Gasteiger partial charge on any atom is -0.368 e. The number of carbonyl (C=O) groups is 1. The maximum Gasteiger partial charge on any atom is 0.223 e. The van der Waals surface area contributed by atoms with Gasteiger partial charge in [0.2, 0.25) is 5.91 Å². The Balaban J connectivity index is 1.48. The number of nitrogens with zero attached hydrogens (tertiary/aromatic N) is 2. The standard InChI is InChI=1S/C19H20FN2O/c20-17-7-9-18(10-8-17)21-12-14-22(15-13-21)19(23)11-6-16-4-2-1-3-5-16/h1-10H,11-15H2. The van der Waals surface area contributed by atoms with Crippen molar-refractivity contribution >= 4 is 11.6 Å². The van der Waals surface area contributed by atoms with Gasteiger partial charge < -0.3 is 9.80 Å². The Labute approximate surface area is 136 Å². The fourth-order valence-electron chi connectivity index (χ4n) is 2.79. The molecule has 0 saturated carbocycles. The number of hydrogen-bond donors (Lipinski definition) is 0. The van der Waals surface area contributed by atoms with Crippen molar-refractivity contribution in [3.63, 3.8) is 0 Å². The van der Waals surface area contributed by atoms with Crippen molar-refractivity contribution in [1.82, 2.24) is 4.90 Å². The fourth-order valence-corrected chi connectivity index (χ4v) is 2.79. The number of halogens is 1. The van der Waals surface area contributed by atoms with Crippen LogP contribution in [0.2, 0.25) is 0 Å². The number of amides is 1. The van der Waals surface area contributed by atoms with E-state index in [1.54, 1.807) is 12.1 Å². The van der Waals surface area contributed by atoms with Gasteiger partial charge in [-0.05, 0) is 36.2 Å². The van der Waals surface area contributed by atoms with Crippen molar-refractivity contribution < 1.29 is 9.18 Å². The zero-order valence-corrected chi connectivity index (χ0v) is 13.0.